The Morgan fingerprint density at radius 3 is 1.76 bits per heavy atom. The minimum atomic E-state index is -0.721. The summed E-state index contributed by atoms with van der Waals surface area (Å²) in [5, 5.41) is 33.7. The van der Waals surface area contributed by atoms with Crippen LogP contribution in [0.15, 0.2) is 79.3 Å². The van der Waals surface area contributed by atoms with Crippen molar-refractivity contribution in [3.63, 3.8) is 0 Å². The van der Waals surface area contributed by atoms with Crippen LogP contribution in [-0.2, 0) is 19.6 Å². The summed E-state index contributed by atoms with van der Waals surface area (Å²) in [7, 11) is 0. The predicted molar refractivity (Wildman–Crippen MR) is 188 cm³/mol. The number of carbonyl (C=O) groups excluding carboxylic acids is 2. The second-order valence-electron chi connectivity index (χ2n) is 11.9. The van der Waals surface area contributed by atoms with E-state index in [9.17, 15) is 29.1 Å². The monoisotopic (exact) mass is 829 g/mol. The van der Waals surface area contributed by atoms with Gasteiger partial charge in [0.2, 0.25) is 11.6 Å². The third-order valence-electron chi connectivity index (χ3n) is 9.10. The number of nitrogens with zero attached hydrogens (tertiary/aromatic N) is 7. The van der Waals surface area contributed by atoms with E-state index in [4.69, 9.17) is 16.1 Å². The zero-order valence-electron chi connectivity index (χ0n) is 29.6. The van der Waals surface area contributed by atoms with Gasteiger partial charge in [-0.3, -0.25) is 23.7 Å². The zero-order valence-corrected chi connectivity index (χ0v) is 39.0. The fourth-order valence-electron chi connectivity index (χ4n) is 6.64. The van der Waals surface area contributed by atoms with E-state index in [-0.39, 0.29) is 226 Å². The van der Waals surface area contributed by atoms with Crippen LogP contribution in [0, 0.1) is 0 Å². The Morgan fingerprint density at radius 1 is 0.691 bits per heavy atom. The first kappa shape index (κ1) is 49.7. The molecule has 0 fully saturated rings. The summed E-state index contributed by atoms with van der Waals surface area (Å²) >= 11 is 0. The molecule has 0 aliphatic carbocycles. The van der Waals surface area contributed by atoms with Crippen molar-refractivity contribution >= 4 is 56.1 Å². The molecular weight excluding hydrogens is 796 g/mol. The summed E-state index contributed by atoms with van der Waals surface area (Å²) in [4.78, 5) is 69.6. The fraction of sp³-hybridized carbons (Fsp3) is 0.265. The van der Waals surface area contributed by atoms with Crippen LogP contribution in [-0.4, -0.2) is 68.7 Å². The Labute approximate surface area is 439 Å². The average molecular weight is 830 g/mol. The Hall–Kier alpha value is -1.46. The molecule has 3 aromatic heterocycles. The number of para-hydroxylation sites is 3. The van der Waals surface area contributed by atoms with Gasteiger partial charge in [0.05, 0.1) is 17.1 Å². The molecule has 0 unspecified atom stereocenters. The van der Waals surface area contributed by atoms with Crippen LogP contribution in [0.1, 0.15) is 59.1 Å². The molecule has 55 heavy (non-hydrogen) atoms. The molecule has 2 atom stereocenters. The topological polar surface area (TPSA) is 286 Å². The van der Waals surface area contributed by atoms with E-state index in [1.54, 1.807) is 59.2 Å². The molecule has 0 radical (unpaired) electrons. The van der Waals surface area contributed by atoms with Crippen molar-refractivity contribution in [3.8, 4) is 0 Å². The minimum Gasteiger partial charge on any atom is -0.870 e. The molecule has 3 aromatic carbocycles. The van der Waals surface area contributed by atoms with Crippen LogP contribution < -0.4 is 187 Å². The van der Waals surface area contributed by atoms with Gasteiger partial charge in [-0.05, 0) is 65.7 Å². The smallest absolute Gasteiger partial charge is 0.870 e. The molecule has 0 saturated heterocycles. The van der Waals surface area contributed by atoms with Gasteiger partial charge in [0, 0.05) is 30.1 Å². The number of nitrogens with two attached hydrogens (primary N) is 1. The third kappa shape index (κ3) is 9.39. The second kappa shape index (κ2) is 21.0. The number of hydrogen-bond donors (Lipinski definition) is 5. The number of hydrogen-bond acceptors (Lipinski definition) is 12. The largest absolute Gasteiger partial charge is 1.00 e. The van der Waals surface area contributed by atoms with Crippen LogP contribution in [0.3, 0.4) is 0 Å². The normalized spacial score (nSPS) is 18.1. The number of benzene rings is 3. The predicted octanol–water partition coefficient (Wildman–Crippen LogP) is -7.68. The van der Waals surface area contributed by atoms with Crippen LogP contribution in [0.4, 0.5) is 0 Å². The number of aliphatic hydroxyl groups excluding tert-OH is 1. The van der Waals surface area contributed by atoms with Crippen LogP contribution in [0.2, 0.25) is 0 Å². The number of nitrogens with one attached hydrogen (secondary N) is 1. The molecule has 272 valence electrons. The van der Waals surface area contributed by atoms with Crippen molar-refractivity contribution in [2.45, 2.75) is 58.5 Å². The number of H-pyrrole nitrogens is 1. The first-order valence-corrected chi connectivity index (χ1v) is 15.6. The molecule has 21 heteroatoms. The Balaban J connectivity index is 0.000000273. The first-order chi connectivity index (χ1) is 24.1. The van der Waals surface area contributed by atoms with Crippen molar-refractivity contribution in [3.05, 3.63) is 103 Å². The number of aromatic nitrogens is 6. The molecule has 0 spiro atoms. The number of aliphatic hydroxyl groups is 1. The summed E-state index contributed by atoms with van der Waals surface area (Å²) < 4.78 is 4.54. The zero-order chi connectivity index (χ0) is 35.3. The third-order valence-corrected chi connectivity index (χ3v) is 9.10. The van der Waals surface area contributed by atoms with E-state index >= 15 is 0 Å². The second-order valence-corrected chi connectivity index (χ2v) is 11.9. The van der Waals surface area contributed by atoms with Crippen molar-refractivity contribution in [2.75, 3.05) is 0 Å². The van der Waals surface area contributed by atoms with E-state index in [0.717, 1.165) is 5.52 Å². The molecule has 7 N–H and O–H groups in total. The van der Waals surface area contributed by atoms with E-state index in [0.29, 0.717) is 70.3 Å². The number of ketones is 2. The van der Waals surface area contributed by atoms with E-state index in [2.05, 4.69) is 25.3 Å². The molecule has 3 aliphatic rings. The molecule has 0 amide bonds. The number of oxime groups is 2. The molecule has 6 aromatic rings. The number of imidazole rings is 3. The van der Waals surface area contributed by atoms with Crippen LogP contribution in [0.5, 0.6) is 0 Å². The fourth-order valence-corrected chi connectivity index (χ4v) is 6.64. The van der Waals surface area contributed by atoms with Gasteiger partial charge in [0.1, 0.15) is 11.4 Å². The van der Waals surface area contributed by atoms with Gasteiger partial charge in [0.25, 0.3) is 0 Å². The van der Waals surface area contributed by atoms with E-state index in [1.165, 1.54) is 9.13 Å². The maximum absolute atomic E-state index is 12.0. The van der Waals surface area contributed by atoms with Gasteiger partial charge in [-0.1, -0.05) is 60.2 Å². The molecular formula is C34H34K3N9O9. The van der Waals surface area contributed by atoms with Crippen molar-refractivity contribution in [1.82, 2.24) is 28.7 Å². The SMILES string of the molecule is C.N[C@@H]1CCn2c(=O)[n-]c3cccc(c32)[C@H]1O.O=C1/C(=N\O)CCn2c(=O)[n-]c3cccc1c32.O=C1/C(=N\O)CCn2c(=O)[nH]c3cccc1c32.[K+].[K+].[K+].[OH-]. The number of aryl methyl sites for hydroxylation is 3. The van der Waals surface area contributed by atoms with Gasteiger partial charge in [-0.15, -0.1) is 0 Å². The van der Waals surface area contributed by atoms with Gasteiger partial charge in [0.15, 0.2) is 11.4 Å². The summed E-state index contributed by atoms with van der Waals surface area (Å²) in [5.41, 5.74) is 10.2. The van der Waals surface area contributed by atoms with Crippen LogP contribution >= 0.6 is 0 Å². The van der Waals surface area contributed by atoms with Gasteiger partial charge < -0.3 is 50.8 Å². The molecule has 0 bridgehead atoms. The standard InChI is InChI=1S/2C11H9N3O3.C11H13N3O2.CH4.3K.H2O/c2*15-10-6-2-1-3-7-9(6)14(11(16)12-7)5-4-8(10)13-17;12-7-4-5-14-9-6(10(7)15)2-1-3-8(9)13-11(14)16;;;;;/h1-3H,4-5H2,(H2,12,15,16,17);1-3,17H,4-5H2,(H,12,16);1-3,7,10,15H,4-5,12H2,(H,13,16);1H4;;;;1H2/q;;;;3*+1;/p-3/b;13-8-;;;;;;/t;;7-,10-;;;;;/m..1...../s1. The van der Waals surface area contributed by atoms with E-state index < -0.39 is 6.10 Å². The van der Waals surface area contributed by atoms with Crippen LogP contribution in [0.25, 0.3) is 33.1 Å². The Bertz CT molecular complexity index is 2470. The molecule has 9 rings (SSSR count). The molecule has 18 nitrogen and oxygen atoms in total. The number of aromatic amines is 1. The van der Waals surface area contributed by atoms with Crippen molar-refractivity contribution < 1.29 is 185 Å². The maximum Gasteiger partial charge on any atom is 1.00 e. The average Bonchev–Trinajstić information content (AvgIpc) is 3.63. The maximum atomic E-state index is 12.0. The Kier molecular flexibility index (Phi) is 19.0. The van der Waals surface area contributed by atoms with Crippen molar-refractivity contribution in [1.29, 1.82) is 0 Å². The van der Waals surface area contributed by atoms with Gasteiger partial charge in [-0.2, -0.15) is 0 Å². The number of rotatable bonds is 0. The quantitative estimate of drug-likeness (QED) is 0.0543. The molecule has 3 aliphatic heterocycles. The van der Waals surface area contributed by atoms with Gasteiger partial charge >= 0.3 is 160 Å². The summed E-state index contributed by atoms with van der Waals surface area (Å²) in [6.07, 6.45) is 0.332. The summed E-state index contributed by atoms with van der Waals surface area (Å²) in [5.74, 6) is -0.680. The Morgan fingerprint density at radius 2 is 1.18 bits per heavy atom. The summed E-state index contributed by atoms with van der Waals surface area (Å²) in [6.45, 7) is 1.16. The van der Waals surface area contributed by atoms with E-state index in [1.807, 2.05) is 0 Å². The molecule has 0 saturated carbocycles. The minimum absolute atomic E-state index is 0. The number of carbonyl (C=O) groups is 2. The molecule has 6 heterocycles. The summed E-state index contributed by atoms with van der Waals surface area (Å²) in [6, 6.07) is 15.1. The first-order valence-electron chi connectivity index (χ1n) is 15.6. The van der Waals surface area contributed by atoms with Crippen molar-refractivity contribution in [2.24, 2.45) is 16.0 Å². The van der Waals surface area contributed by atoms with Gasteiger partial charge in [-0.25, -0.2) is 4.79 Å². The number of Topliss-reactive ketones (excluding diaryl/α,β-unsaturated/α-hetero) is 2.